The standard InChI is InChI=1S/C21H18O3/c1-21(15-8-4-2-5-9-15,16-10-6-3-7-11-16)17-12-13-19(22)18(14-17)20(23)24/h2-14,22H,1H3,(H,23,24). The van der Waals surface area contributed by atoms with E-state index in [1.165, 1.54) is 6.07 Å². The van der Waals surface area contributed by atoms with Gasteiger partial charge in [0.1, 0.15) is 11.3 Å². The molecule has 120 valence electrons. The van der Waals surface area contributed by atoms with Crippen LogP contribution in [0.15, 0.2) is 78.9 Å². The highest BCUT2D eigenvalue weighted by atomic mass is 16.4. The van der Waals surface area contributed by atoms with E-state index in [1.54, 1.807) is 12.1 Å². The molecule has 0 aliphatic heterocycles. The van der Waals surface area contributed by atoms with Gasteiger partial charge in [0.05, 0.1) is 0 Å². The highest BCUT2D eigenvalue weighted by molar-refractivity contribution is 5.91. The quantitative estimate of drug-likeness (QED) is 0.699. The van der Waals surface area contributed by atoms with E-state index >= 15 is 0 Å². The summed E-state index contributed by atoms with van der Waals surface area (Å²) >= 11 is 0. The Balaban J connectivity index is 2.27. The maximum atomic E-state index is 11.4. The number of carboxylic acids is 1. The Morgan fingerprint density at radius 3 is 1.75 bits per heavy atom. The third kappa shape index (κ3) is 2.65. The summed E-state index contributed by atoms with van der Waals surface area (Å²) in [4.78, 5) is 11.4. The number of phenols is 1. The van der Waals surface area contributed by atoms with Crippen LogP contribution in [0.3, 0.4) is 0 Å². The zero-order valence-corrected chi connectivity index (χ0v) is 13.3. The molecule has 0 aromatic heterocycles. The molecule has 0 bridgehead atoms. The van der Waals surface area contributed by atoms with Gasteiger partial charge in [-0.15, -0.1) is 0 Å². The predicted molar refractivity (Wildman–Crippen MR) is 93.5 cm³/mol. The van der Waals surface area contributed by atoms with Crippen molar-refractivity contribution in [3.8, 4) is 5.75 Å². The van der Waals surface area contributed by atoms with Crippen LogP contribution in [0.1, 0.15) is 34.0 Å². The van der Waals surface area contributed by atoms with Gasteiger partial charge in [-0.3, -0.25) is 0 Å². The van der Waals surface area contributed by atoms with Gasteiger partial charge >= 0.3 is 5.97 Å². The molecule has 0 aliphatic rings. The first-order chi connectivity index (χ1) is 11.5. The van der Waals surface area contributed by atoms with Crippen molar-refractivity contribution in [2.45, 2.75) is 12.3 Å². The van der Waals surface area contributed by atoms with Gasteiger partial charge in [-0.1, -0.05) is 66.7 Å². The van der Waals surface area contributed by atoms with E-state index in [0.29, 0.717) is 0 Å². The lowest BCUT2D eigenvalue weighted by atomic mass is 9.71. The zero-order chi connectivity index (χ0) is 17.2. The molecule has 3 rings (SSSR count). The molecular weight excluding hydrogens is 300 g/mol. The first kappa shape index (κ1) is 15.8. The van der Waals surface area contributed by atoms with E-state index in [-0.39, 0.29) is 11.3 Å². The Labute approximate surface area is 140 Å². The molecule has 3 nitrogen and oxygen atoms in total. The number of hydrogen-bond donors (Lipinski definition) is 2. The van der Waals surface area contributed by atoms with Crippen molar-refractivity contribution in [1.82, 2.24) is 0 Å². The Kier molecular flexibility index (Phi) is 4.09. The summed E-state index contributed by atoms with van der Waals surface area (Å²) in [6.07, 6.45) is 0. The van der Waals surface area contributed by atoms with Crippen molar-refractivity contribution in [3.05, 3.63) is 101 Å². The van der Waals surface area contributed by atoms with Gasteiger partial charge < -0.3 is 10.2 Å². The Morgan fingerprint density at radius 1 is 0.792 bits per heavy atom. The second-order valence-electron chi connectivity index (χ2n) is 5.89. The van der Waals surface area contributed by atoms with Gasteiger partial charge in [-0.05, 0) is 35.7 Å². The summed E-state index contributed by atoms with van der Waals surface area (Å²) in [7, 11) is 0. The first-order valence-corrected chi connectivity index (χ1v) is 7.71. The third-order valence-corrected chi connectivity index (χ3v) is 4.51. The van der Waals surface area contributed by atoms with Crippen molar-refractivity contribution in [1.29, 1.82) is 0 Å². The summed E-state index contributed by atoms with van der Waals surface area (Å²) in [5.74, 6) is -1.37. The van der Waals surface area contributed by atoms with Crippen molar-refractivity contribution in [2.75, 3.05) is 0 Å². The lowest BCUT2D eigenvalue weighted by molar-refractivity contribution is 0.0693. The van der Waals surface area contributed by atoms with Crippen molar-refractivity contribution >= 4 is 5.97 Å². The molecule has 0 saturated heterocycles. The predicted octanol–water partition coefficient (Wildman–Crippen LogP) is 4.44. The minimum absolute atomic E-state index is 0.0920. The van der Waals surface area contributed by atoms with Crippen molar-refractivity contribution < 1.29 is 15.0 Å². The van der Waals surface area contributed by atoms with Crippen LogP contribution in [0.4, 0.5) is 0 Å². The molecule has 0 aliphatic carbocycles. The van der Waals surface area contributed by atoms with E-state index in [2.05, 4.69) is 6.92 Å². The first-order valence-electron chi connectivity index (χ1n) is 7.71. The van der Waals surface area contributed by atoms with Gasteiger partial charge in [0, 0.05) is 5.41 Å². The lowest BCUT2D eigenvalue weighted by Gasteiger charge is -2.32. The molecular formula is C21H18O3. The highest BCUT2D eigenvalue weighted by Crippen LogP contribution is 2.39. The number of hydrogen-bond acceptors (Lipinski definition) is 2. The van der Waals surface area contributed by atoms with Crippen LogP contribution in [0, 0.1) is 0 Å². The maximum absolute atomic E-state index is 11.4. The van der Waals surface area contributed by atoms with Crippen LogP contribution in [0.5, 0.6) is 5.75 Å². The van der Waals surface area contributed by atoms with E-state index in [1.807, 2.05) is 60.7 Å². The minimum atomic E-state index is -1.14. The molecule has 3 heteroatoms. The fraction of sp³-hybridized carbons (Fsp3) is 0.0952. The van der Waals surface area contributed by atoms with Crippen LogP contribution >= 0.6 is 0 Å². The average Bonchev–Trinajstić information content (AvgIpc) is 2.62. The highest BCUT2D eigenvalue weighted by Gasteiger charge is 2.32. The number of benzene rings is 3. The van der Waals surface area contributed by atoms with E-state index in [4.69, 9.17) is 0 Å². The molecule has 2 N–H and O–H groups in total. The molecule has 0 fully saturated rings. The summed E-state index contributed by atoms with van der Waals surface area (Å²) in [6.45, 7) is 2.07. The summed E-state index contributed by atoms with van der Waals surface area (Å²) < 4.78 is 0. The van der Waals surface area contributed by atoms with E-state index < -0.39 is 11.4 Å². The monoisotopic (exact) mass is 318 g/mol. The summed E-state index contributed by atoms with van der Waals surface area (Å²) in [6, 6.07) is 24.7. The number of carboxylic acid groups (broad SMARTS) is 1. The molecule has 3 aromatic carbocycles. The van der Waals surface area contributed by atoms with E-state index in [0.717, 1.165) is 16.7 Å². The van der Waals surface area contributed by atoms with Crippen LogP contribution in [-0.4, -0.2) is 16.2 Å². The van der Waals surface area contributed by atoms with Gasteiger partial charge in [0.15, 0.2) is 0 Å². The number of aromatic hydroxyl groups is 1. The fourth-order valence-electron chi connectivity index (χ4n) is 3.06. The molecule has 24 heavy (non-hydrogen) atoms. The van der Waals surface area contributed by atoms with Crippen LogP contribution in [0.2, 0.25) is 0 Å². The minimum Gasteiger partial charge on any atom is -0.507 e. The van der Waals surface area contributed by atoms with Gasteiger partial charge in [-0.25, -0.2) is 4.79 Å². The van der Waals surface area contributed by atoms with Gasteiger partial charge in [0.25, 0.3) is 0 Å². The van der Waals surface area contributed by atoms with Crippen LogP contribution in [0.25, 0.3) is 0 Å². The second kappa shape index (κ2) is 6.20. The molecule has 0 spiro atoms. The third-order valence-electron chi connectivity index (χ3n) is 4.51. The Hall–Kier alpha value is -3.07. The SMILES string of the molecule is CC(c1ccccc1)(c1ccccc1)c1ccc(O)c(C(=O)O)c1. The largest absolute Gasteiger partial charge is 0.507 e. The summed E-state index contributed by atoms with van der Waals surface area (Å²) in [5.41, 5.74) is 2.30. The number of carbonyl (C=O) groups is 1. The molecule has 0 saturated carbocycles. The van der Waals surface area contributed by atoms with Crippen molar-refractivity contribution in [2.24, 2.45) is 0 Å². The molecule has 0 heterocycles. The van der Waals surface area contributed by atoms with Crippen molar-refractivity contribution in [3.63, 3.8) is 0 Å². The molecule has 0 radical (unpaired) electrons. The Bertz CT molecular complexity index is 815. The number of rotatable bonds is 4. The average molecular weight is 318 g/mol. The maximum Gasteiger partial charge on any atom is 0.339 e. The molecule has 0 unspecified atom stereocenters. The second-order valence-corrected chi connectivity index (χ2v) is 5.89. The molecule has 3 aromatic rings. The fourth-order valence-corrected chi connectivity index (χ4v) is 3.06. The smallest absolute Gasteiger partial charge is 0.339 e. The van der Waals surface area contributed by atoms with E-state index in [9.17, 15) is 15.0 Å². The normalized spacial score (nSPS) is 11.2. The molecule has 0 amide bonds. The lowest BCUT2D eigenvalue weighted by Crippen LogP contribution is -2.25. The topological polar surface area (TPSA) is 57.5 Å². The Morgan fingerprint density at radius 2 is 1.29 bits per heavy atom. The van der Waals surface area contributed by atoms with Gasteiger partial charge in [0.2, 0.25) is 0 Å². The van der Waals surface area contributed by atoms with Crippen LogP contribution in [-0.2, 0) is 5.41 Å². The summed E-state index contributed by atoms with van der Waals surface area (Å²) in [5, 5.41) is 19.2. The molecule has 0 atom stereocenters. The van der Waals surface area contributed by atoms with Gasteiger partial charge in [-0.2, -0.15) is 0 Å². The number of aromatic carboxylic acids is 1. The zero-order valence-electron chi connectivity index (χ0n) is 13.3. The van der Waals surface area contributed by atoms with Crippen LogP contribution < -0.4 is 0 Å².